The van der Waals surface area contributed by atoms with E-state index >= 15 is 0 Å². The van der Waals surface area contributed by atoms with E-state index in [-0.39, 0.29) is 6.03 Å². The van der Waals surface area contributed by atoms with E-state index in [2.05, 4.69) is 15.5 Å². The van der Waals surface area contributed by atoms with Gasteiger partial charge in [0.25, 0.3) is 0 Å². The number of ether oxygens (including phenoxy) is 2. The lowest BCUT2D eigenvalue weighted by molar-refractivity contribution is -0.189. The molecule has 1 aromatic rings. The van der Waals surface area contributed by atoms with Gasteiger partial charge in [-0.25, -0.2) is 4.79 Å². The number of aromatic amines is 1. The maximum Gasteiger partial charge on any atom is 0.321 e. The second-order valence-electron chi connectivity index (χ2n) is 5.39. The van der Waals surface area contributed by atoms with Crippen LogP contribution in [0.15, 0.2) is 12.4 Å². The monoisotopic (exact) mass is 280 g/mol. The molecule has 1 aromatic heterocycles. The second-order valence-corrected chi connectivity index (χ2v) is 5.39. The number of rotatable bonds is 2. The number of anilines is 1. The summed E-state index contributed by atoms with van der Waals surface area (Å²) in [6.07, 6.45) is 5.04. The van der Waals surface area contributed by atoms with Gasteiger partial charge in [-0.15, -0.1) is 0 Å². The molecule has 2 aliphatic rings. The summed E-state index contributed by atoms with van der Waals surface area (Å²) in [7, 11) is 0. The molecule has 0 spiro atoms. The molecule has 20 heavy (non-hydrogen) atoms. The fourth-order valence-corrected chi connectivity index (χ4v) is 2.89. The normalized spacial score (nSPS) is 22.9. The van der Waals surface area contributed by atoms with Crippen molar-refractivity contribution in [3.63, 3.8) is 0 Å². The molecule has 2 saturated heterocycles. The molecule has 0 radical (unpaired) electrons. The lowest BCUT2D eigenvalue weighted by atomic mass is 9.89. The Labute approximate surface area is 117 Å². The minimum absolute atomic E-state index is 0.0803. The van der Waals surface area contributed by atoms with E-state index in [9.17, 15) is 4.79 Å². The maximum absolute atomic E-state index is 12.1. The van der Waals surface area contributed by atoms with Gasteiger partial charge < -0.3 is 19.7 Å². The molecule has 0 unspecified atom stereocenters. The summed E-state index contributed by atoms with van der Waals surface area (Å²) in [6, 6.07) is -0.0803. The minimum Gasteiger partial charge on any atom is -0.348 e. The SMILES string of the molecule is CC1(C2CCN(C(=O)Nc3cn[nH]c3)CC2)OCCO1. The van der Waals surface area contributed by atoms with Crippen LogP contribution in [0.2, 0.25) is 0 Å². The summed E-state index contributed by atoms with van der Waals surface area (Å²) in [5.74, 6) is -0.115. The molecular weight excluding hydrogens is 260 g/mol. The minimum atomic E-state index is -0.465. The van der Waals surface area contributed by atoms with Gasteiger partial charge in [-0.05, 0) is 19.8 Å². The molecule has 2 fully saturated rings. The zero-order valence-electron chi connectivity index (χ0n) is 11.6. The molecule has 3 rings (SSSR count). The van der Waals surface area contributed by atoms with E-state index in [0.29, 0.717) is 24.8 Å². The summed E-state index contributed by atoms with van der Waals surface area (Å²) in [6.45, 7) is 4.77. The van der Waals surface area contributed by atoms with Gasteiger partial charge in [0.1, 0.15) is 0 Å². The highest BCUT2D eigenvalue weighted by Crippen LogP contribution is 2.35. The van der Waals surface area contributed by atoms with Crippen molar-refractivity contribution in [2.75, 3.05) is 31.6 Å². The molecule has 0 saturated carbocycles. The first-order valence-corrected chi connectivity index (χ1v) is 7.00. The Kier molecular flexibility index (Phi) is 3.62. The molecule has 0 atom stereocenters. The summed E-state index contributed by atoms with van der Waals surface area (Å²) in [5, 5.41) is 9.29. The Balaban J connectivity index is 1.52. The first-order chi connectivity index (χ1) is 9.67. The predicted molar refractivity (Wildman–Crippen MR) is 72.2 cm³/mol. The van der Waals surface area contributed by atoms with Gasteiger partial charge in [0.2, 0.25) is 0 Å². The molecule has 0 bridgehead atoms. The van der Waals surface area contributed by atoms with Gasteiger partial charge in [-0.3, -0.25) is 5.10 Å². The van der Waals surface area contributed by atoms with Crippen LogP contribution in [0.3, 0.4) is 0 Å². The van der Waals surface area contributed by atoms with Gasteiger partial charge in [-0.1, -0.05) is 0 Å². The highest BCUT2D eigenvalue weighted by atomic mass is 16.7. The highest BCUT2D eigenvalue weighted by Gasteiger charge is 2.41. The van der Waals surface area contributed by atoms with E-state index in [1.165, 1.54) is 0 Å². The lowest BCUT2D eigenvalue weighted by Gasteiger charge is -2.38. The Morgan fingerprint density at radius 1 is 1.45 bits per heavy atom. The molecule has 2 amide bonds. The largest absolute Gasteiger partial charge is 0.348 e. The van der Waals surface area contributed by atoms with Gasteiger partial charge >= 0.3 is 6.03 Å². The van der Waals surface area contributed by atoms with Crippen LogP contribution in [0.4, 0.5) is 10.5 Å². The number of carbonyl (C=O) groups excluding carboxylic acids is 1. The first-order valence-electron chi connectivity index (χ1n) is 7.00. The fourth-order valence-electron chi connectivity index (χ4n) is 2.89. The van der Waals surface area contributed by atoms with Crippen molar-refractivity contribution in [1.29, 1.82) is 0 Å². The maximum atomic E-state index is 12.1. The highest BCUT2D eigenvalue weighted by molar-refractivity contribution is 5.89. The lowest BCUT2D eigenvalue weighted by Crippen LogP contribution is -2.47. The molecule has 7 nitrogen and oxygen atoms in total. The van der Waals surface area contributed by atoms with Crippen molar-refractivity contribution in [3.05, 3.63) is 12.4 Å². The quantitative estimate of drug-likeness (QED) is 0.858. The molecule has 110 valence electrons. The standard InChI is InChI=1S/C13H20N4O3/c1-13(19-6-7-20-13)10-2-4-17(5-3-10)12(18)16-11-8-14-15-9-11/h8-10H,2-7H2,1H3,(H,14,15)(H,16,18). The van der Waals surface area contributed by atoms with Crippen LogP contribution in [0.1, 0.15) is 19.8 Å². The van der Waals surface area contributed by atoms with Crippen molar-refractivity contribution >= 4 is 11.7 Å². The van der Waals surface area contributed by atoms with E-state index in [4.69, 9.17) is 9.47 Å². The number of carbonyl (C=O) groups is 1. The summed E-state index contributed by atoms with van der Waals surface area (Å²) in [5.41, 5.74) is 0.687. The van der Waals surface area contributed by atoms with Crippen LogP contribution in [0.5, 0.6) is 0 Å². The average Bonchev–Trinajstić information content (AvgIpc) is 3.11. The van der Waals surface area contributed by atoms with Crippen molar-refractivity contribution in [3.8, 4) is 0 Å². The van der Waals surface area contributed by atoms with E-state index in [0.717, 1.165) is 25.9 Å². The van der Waals surface area contributed by atoms with Crippen molar-refractivity contribution in [2.45, 2.75) is 25.6 Å². The third-order valence-electron chi connectivity index (χ3n) is 4.13. The van der Waals surface area contributed by atoms with Crippen molar-refractivity contribution < 1.29 is 14.3 Å². The van der Waals surface area contributed by atoms with Gasteiger partial charge in [0.15, 0.2) is 5.79 Å². The summed E-state index contributed by atoms with van der Waals surface area (Å²) < 4.78 is 11.4. The van der Waals surface area contributed by atoms with Crippen LogP contribution in [0.25, 0.3) is 0 Å². The number of aromatic nitrogens is 2. The number of H-pyrrole nitrogens is 1. The summed E-state index contributed by atoms with van der Waals surface area (Å²) in [4.78, 5) is 13.9. The van der Waals surface area contributed by atoms with Gasteiger partial charge in [0.05, 0.1) is 25.1 Å². The zero-order chi connectivity index (χ0) is 14.0. The number of hydrogen-bond acceptors (Lipinski definition) is 4. The zero-order valence-corrected chi connectivity index (χ0v) is 11.6. The third-order valence-corrected chi connectivity index (χ3v) is 4.13. The van der Waals surface area contributed by atoms with E-state index in [1.54, 1.807) is 12.4 Å². The predicted octanol–water partition coefficient (Wildman–Crippen LogP) is 1.42. The molecule has 2 N–H and O–H groups in total. The number of amides is 2. The number of likely N-dealkylation sites (tertiary alicyclic amines) is 1. The first kappa shape index (κ1) is 13.4. The Morgan fingerprint density at radius 3 is 2.75 bits per heavy atom. The third kappa shape index (κ3) is 2.64. The second kappa shape index (κ2) is 5.41. The van der Waals surface area contributed by atoms with Gasteiger partial charge in [0, 0.05) is 25.2 Å². The molecule has 2 aliphatic heterocycles. The Morgan fingerprint density at radius 2 is 2.15 bits per heavy atom. The Bertz CT molecular complexity index is 448. The molecule has 0 aliphatic carbocycles. The van der Waals surface area contributed by atoms with E-state index < -0.39 is 5.79 Å². The average molecular weight is 280 g/mol. The molecule has 3 heterocycles. The van der Waals surface area contributed by atoms with Crippen LogP contribution in [0, 0.1) is 5.92 Å². The number of nitrogens with zero attached hydrogens (tertiary/aromatic N) is 2. The van der Waals surface area contributed by atoms with E-state index in [1.807, 2.05) is 11.8 Å². The summed E-state index contributed by atoms with van der Waals surface area (Å²) >= 11 is 0. The van der Waals surface area contributed by atoms with Crippen LogP contribution in [-0.4, -0.2) is 53.2 Å². The topological polar surface area (TPSA) is 79.5 Å². The van der Waals surface area contributed by atoms with Crippen LogP contribution < -0.4 is 5.32 Å². The number of nitrogens with one attached hydrogen (secondary N) is 2. The fraction of sp³-hybridized carbons (Fsp3) is 0.692. The molecular formula is C13H20N4O3. The number of piperidine rings is 1. The van der Waals surface area contributed by atoms with Crippen molar-refractivity contribution in [1.82, 2.24) is 15.1 Å². The van der Waals surface area contributed by atoms with Crippen LogP contribution >= 0.6 is 0 Å². The van der Waals surface area contributed by atoms with Crippen LogP contribution in [-0.2, 0) is 9.47 Å². The number of hydrogen-bond donors (Lipinski definition) is 2. The molecule has 0 aromatic carbocycles. The molecule has 7 heteroatoms. The number of urea groups is 1. The smallest absolute Gasteiger partial charge is 0.321 e. The Hall–Kier alpha value is -1.60. The van der Waals surface area contributed by atoms with Gasteiger partial charge in [-0.2, -0.15) is 5.10 Å². The van der Waals surface area contributed by atoms with Crippen molar-refractivity contribution in [2.24, 2.45) is 5.92 Å².